The van der Waals surface area contributed by atoms with Gasteiger partial charge in [0.05, 0.1) is 11.4 Å². The molecule has 0 saturated heterocycles. The maximum atomic E-state index is 4.81. The van der Waals surface area contributed by atoms with Crippen molar-refractivity contribution in [2.75, 3.05) is 19.3 Å². The van der Waals surface area contributed by atoms with Crippen LogP contribution in [0.5, 0.6) is 0 Å². The standard InChI is InChI=1S/C20H23N5S/c1-24-19(16-6-4-3-5-7-16)17-8-10-25(11-9-18(17)23-24)14-15-12-21-20(26-2)22-13-15/h3-7,12-13H,8-11,14H2,1-2H3. The molecule has 2 aromatic heterocycles. The number of benzene rings is 1. The Kier molecular flexibility index (Phi) is 5.04. The summed E-state index contributed by atoms with van der Waals surface area (Å²) in [5, 5.41) is 5.64. The molecule has 26 heavy (non-hydrogen) atoms. The van der Waals surface area contributed by atoms with Crippen molar-refractivity contribution >= 4 is 11.8 Å². The SMILES string of the molecule is CSc1ncc(CN2CCc3nn(C)c(-c4ccccc4)c3CC2)cn1. The molecule has 1 aromatic carbocycles. The van der Waals surface area contributed by atoms with E-state index in [1.165, 1.54) is 28.1 Å². The minimum atomic E-state index is 0.828. The summed E-state index contributed by atoms with van der Waals surface area (Å²) in [6.07, 6.45) is 7.91. The second-order valence-electron chi connectivity index (χ2n) is 6.62. The van der Waals surface area contributed by atoms with E-state index in [2.05, 4.69) is 52.2 Å². The molecule has 0 atom stereocenters. The molecule has 0 saturated carbocycles. The molecule has 5 nitrogen and oxygen atoms in total. The Morgan fingerprint density at radius 2 is 1.77 bits per heavy atom. The number of aryl methyl sites for hydroxylation is 1. The molecule has 134 valence electrons. The van der Waals surface area contributed by atoms with E-state index in [0.29, 0.717) is 0 Å². The van der Waals surface area contributed by atoms with Crippen LogP contribution in [-0.2, 0) is 26.4 Å². The molecule has 1 aliphatic rings. The lowest BCUT2D eigenvalue weighted by molar-refractivity contribution is 0.277. The van der Waals surface area contributed by atoms with Gasteiger partial charge < -0.3 is 0 Å². The average Bonchev–Trinajstić information content (AvgIpc) is 2.88. The van der Waals surface area contributed by atoms with Crippen molar-refractivity contribution in [1.29, 1.82) is 0 Å². The first-order valence-corrected chi connectivity index (χ1v) is 10.1. The Labute approximate surface area is 158 Å². The van der Waals surface area contributed by atoms with Gasteiger partial charge in [0, 0.05) is 62.2 Å². The highest BCUT2D eigenvalue weighted by Crippen LogP contribution is 2.28. The van der Waals surface area contributed by atoms with E-state index < -0.39 is 0 Å². The first-order valence-electron chi connectivity index (χ1n) is 8.92. The van der Waals surface area contributed by atoms with Crippen molar-refractivity contribution in [2.45, 2.75) is 24.5 Å². The smallest absolute Gasteiger partial charge is 0.187 e. The van der Waals surface area contributed by atoms with Crippen LogP contribution in [0.1, 0.15) is 16.8 Å². The van der Waals surface area contributed by atoms with Crippen LogP contribution in [0.15, 0.2) is 47.9 Å². The lowest BCUT2D eigenvalue weighted by atomic mass is 10.0. The first kappa shape index (κ1) is 17.2. The monoisotopic (exact) mass is 365 g/mol. The Bertz CT molecular complexity index is 873. The van der Waals surface area contributed by atoms with Crippen molar-refractivity contribution in [3.63, 3.8) is 0 Å². The molecule has 0 fully saturated rings. The van der Waals surface area contributed by atoms with Crippen molar-refractivity contribution in [3.8, 4) is 11.3 Å². The molecule has 3 heterocycles. The van der Waals surface area contributed by atoms with Crippen molar-refractivity contribution in [2.24, 2.45) is 7.05 Å². The number of thioether (sulfide) groups is 1. The van der Waals surface area contributed by atoms with Crippen LogP contribution in [0.3, 0.4) is 0 Å². The van der Waals surface area contributed by atoms with Crippen LogP contribution in [0.25, 0.3) is 11.3 Å². The summed E-state index contributed by atoms with van der Waals surface area (Å²) < 4.78 is 2.05. The molecule has 4 rings (SSSR count). The zero-order chi connectivity index (χ0) is 17.9. The molecule has 0 N–H and O–H groups in total. The highest BCUT2D eigenvalue weighted by Gasteiger charge is 2.22. The van der Waals surface area contributed by atoms with Gasteiger partial charge >= 0.3 is 0 Å². The Morgan fingerprint density at radius 3 is 2.50 bits per heavy atom. The molecule has 0 radical (unpaired) electrons. The molecule has 3 aromatic rings. The topological polar surface area (TPSA) is 46.8 Å². The Hall–Kier alpha value is -2.18. The second-order valence-corrected chi connectivity index (χ2v) is 7.39. The van der Waals surface area contributed by atoms with Crippen LogP contribution in [0, 0.1) is 0 Å². The fraction of sp³-hybridized carbons (Fsp3) is 0.350. The molecule has 0 amide bonds. The van der Waals surface area contributed by atoms with Crippen LogP contribution >= 0.6 is 11.8 Å². The van der Waals surface area contributed by atoms with E-state index in [1.807, 2.05) is 23.3 Å². The fourth-order valence-electron chi connectivity index (χ4n) is 3.64. The van der Waals surface area contributed by atoms with E-state index in [4.69, 9.17) is 5.10 Å². The number of hydrogen-bond acceptors (Lipinski definition) is 5. The number of nitrogens with zero attached hydrogens (tertiary/aromatic N) is 5. The maximum absolute atomic E-state index is 4.81. The maximum Gasteiger partial charge on any atom is 0.187 e. The van der Waals surface area contributed by atoms with Crippen LogP contribution in [0.2, 0.25) is 0 Å². The lowest BCUT2D eigenvalue weighted by Crippen LogP contribution is -2.26. The van der Waals surface area contributed by atoms with Gasteiger partial charge in [0.1, 0.15) is 0 Å². The zero-order valence-corrected chi connectivity index (χ0v) is 16.0. The number of aromatic nitrogens is 4. The zero-order valence-electron chi connectivity index (χ0n) is 15.2. The van der Waals surface area contributed by atoms with Gasteiger partial charge in [-0.25, -0.2) is 9.97 Å². The summed E-state index contributed by atoms with van der Waals surface area (Å²) in [4.78, 5) is 11.3. The van der Waals surface area contributed by atoms with Gasteiger partial charge in [0.2, 0.25) is 0 Å². The summed E-state index contributed by atoms with van der Waals surface area (Å²) >= 11 is 1.57. The van der Waals surface area contributed by atoms with Gasteiger partial charge in [-0.1, -0.05) is 42.1 Å². The molecule has 0 bridgehead atoms. The minimum Gasteiger partial charge on any atom is -0.298 e. The highest BCUT2D eigenvalue weighted by atomic mass is 32.2. The normalized spacial score (nSPS) is 14.8. The van der Waals surface area contributed by atoms with Gasteiger partial charge in [-0.15, -0.1) is 0 Å². The third kappa shape index (κ3) is 3.52. The Morgan fingerprint density at radius 1 is 1.04 bits per heavy atom. The van der Waals surface area contributed by atoms with Crippen LogP contribution < -0.4 is 0 Å². The molecule has 0 unspecified atom stereocenters. The van der Waals surface area contributed by atoms with E-state index >= 15 is 0 Å². The molecule has 6 heteroatoms. The third-order valence-corrected chi connectivity index (χ3v) is 5.46. The molecule has 0 aliphatic carbocycles. The first-order chi connectivity index (χ1) is 12.7. The molecular weight excluding hydrogens is 342 g/mol. The quantitative estimate of drug-likeness (QED) is 0.525. The molecule has 1 aliphatic heterocycles. The average molecular weight is 366 g/mol. The minimum absolute atomic E-state index is 0.828. The summed E-state index contributed by atoms with van der Waals surface area (Å²) in [5.74, 6) is 0. The van der Waals surface area contributed by atoms with E-state index in [1.54, 1.807) is 11.8 Å². The van der Waals surface area contributed by atoms with Gasteiger partial charge in [-0.05, 0) is 12.7 Å². The number of fused-ring (bicyclic) bond motifs is 1. The fourth-order valence-corrected chi connectivity index (χ4v) is 3.95. The van der Waals surface area contributed by atoms with E-state index in [0.717, 1.165) is 37.6 Å². The highest BCUT2D eigenvalue weighted by molar-refractivity contribution is 7.98. The number of hydrogen-bond donors (Lipinski definition) is 0. The third-order valence-electron chi connectivity index (χ3n) is 4.89. The molecular formula is C20H23N5S. The van der Waals surface area contributed by atoms with Gasteiger partial charge in [0.25, 0.3) is 0 Å². The van der Waals surface area contributed by atoms with Crippen molar-refractivity contribution < 1.29 is 0 Å². The summed E-state index contributed by atoms with van der Waals surface area (Å²) in [6, 6.07) is 10.6. The van der Waals surface area contributed by atoms with E-state index in [-0.39, 0.29) is 0 Å². The predicted molar refractivity (Wildman–Crippen MR) is 105 cm³/mol. The summed E-state index contributed by atoms with van der Waals surface area (Å²) in [6.45, 7) is 2.94. The number of rotatable bonds is 4. The van der Waals surface area contributed by atoms with Crippen LogP contribution in [0.4, 0.5) is 0 Å². The van der Waals surface area contributed by atoms with Crippen molar-refractivity contribution in [3.05, 3.63) is 59.5 Å². The summed E-state index contributed by atoms with van der Waals surface area (Å²) in [7, 11) is 2.05. The predicted octanol–water partition coefficient (Wildman–Crippen LogP) is 3.20. The van der Waals surface area contributed by atoms with E-state index in [9.17, 15) is 0 Å². The van der Waals surface area contributed by atoms with Gasteiger partial charge in [-0.3, -0.25) is 9.58 Å². The lowest BCUT2D eigenvalue weighted by Gasteiger charge is -2.19. The van der Waals surface area contributed by atoms with Crippen molar-refractivity contribution in [1.82, 2.24) is 24.6 Å². The van der Waals surface area contributed by atoms with Crippen LogP contribution in [-0.4, -0.2) is 44.0 Å². The van der Waals surface area contributed by atoms with Gasteiger partial charge in [0.15, 0.2) is 5.16 Å². The largest absolute Gasteiger partial charge is 0.298 e. The summed E-state index contributed by atoms with van der Waals surface area (Å²) in [5.41, 5.74) is 6.32. The second kappa shape index (κ2) is 7.60. The Balaban J connectivity index is 1.51. The van der Waals surface area contributed by atoms with Gasteiger partial charge in [-0.2, -0.15) is 5.10 Å². The molecule has 0 spiro atoms.